The number of carboxylic acids is 1. The maximum Gasteiger partial charge on any atom is 0.335 e. The number of carboxylic acid groups (broad SMARTS) is 1. The van der Waals surface area contributed by atoms with Crippen LogP contribution in [0.15, 0.2) is 41.3 Å². The summed E-state index contributed by atoms with van der Waals surface area (Å²) in [6.07, 6.45) is 2.92. The van der Waals surface area contributed by atoms with Gasteiger partial charge in [0.2, 0.25) is 0 Å². The van der Waals surface area contributed by atoms with Crippen molar-refractivity contribution < 1.29 is 23.1 Å². The molecule has 0 bridgehead atoms. The van der Waals surface area contributed by atoms with Gasteiger partial charge >= 0.3 is 5.97 Å². The molecule has 0 radical (unpaired) electrons. The number of benzene rings is 2. The Bertz CT molecular complexity index is 905. The first-order chi connectivity index (χ1) is 12.7. The summed E-state index contributed by atoms with van der Waals surface area (Å²) in [4.78, 5) is 11.0. The van der Waals surface area contributed by atoms with Crippen LogP contribution in [-0.4, -0.2) is 26.1 Å². The highest BCUT2D eigenvalue weighted by Gasteiger charge is 2.21. The maximum absolute atomic E-state index is 12.9. The second kappa shape index (κ2) is 8.90. The first kappa shape index (κ1) is 20.8. The summed E-state index contributed by atoms with van der Waals surface area (Å²) in [5.41, 5.74) is 2.17. The van der Waals surface area contributed by atoms with E-state index in [2.05, 4.69) is 11.6 Å². The minimum absolute atomic E-state index is 0.0735. The largest absolute Gasteiger partial charge is 0.492 e. The molecule has 7 heteroatoms. The minimum Gasteiger partial charge on any atom is -0.492 e. The van der Waals surface area contributed by atoms with E-state index in [4.69, 9.17) is 9.84 Å². The van der Waals surface area contributed by atoms with Gasteiger partial charge in [0.15, 0.2) is 0 Å². The molecule has 0 aliphatic heterocycles. The monoisotopic (exact) mass is 391 g/mol. The van der Waals surface area contributed by atoms with Crippen molar-refractivity contribution in [3.63, 3.8) is 0 Å². The van der Waals surface area contributed by atoms with Gasteiger partial charge in [0.05, 0.1) is 12.2 Å². The van der Waals surface area contributed by atoms with Gasteiger partial charge in [-0.3, -0.25) is 4.72 Å². The smallest absolute Gasteiger partial charge is 0.335 e. The van der Waals surface area contributed by atoms with Crippen LogP contribution >= 0.6 is 0 Å². The van der Waals surface area contributed by atoms with Gasteiger partial charge in [-0.2, -0.15) is 0 Å². The number of aromatic carboxylic acids is 1. The van der Waals surface area contributed by atoms with Gasteiger partial charge < -0.3 is 9.84 Å². The van der Waals surface area contributed by atoms with Crippen LogP contribution in [-0.2, 0) is 10.0 Å². The number of carbonyl (C=O) groups is 1. The summed E-state index contributed by atoms with van der Waals surface area (Å²) >= 11 is 0. The maximum atomic E-state index is 12.9. The van der Waals surface area contributed by atoms with E-state index in [-0.39, 0.29) is 16.1 Å². The van der Waals surface area contributed by atoms with Crippen LogP contribution in [0.5, 0.6) is 5.75 Å². The molecule has 0 aromatic heterocycles. The van der Waals surface area contributed by atoms with Gasteiger partial charge in [-0.25, -0.2) is 13.2 Å². The number of aryl methyl sites for hydroxylation is 2. The Morgan fingerprint density at radius 2 is 1.70 bits per heavy atom. The van der Waals surface area contributed by atoms with Gasteiger partial charge in [0.1, 0.15) is 10.6 Å². The number of hydrogen-bond donors (Lipinski definition) is 2. The van der Waals surface area contributed by atoms with Gasteiger partial charge in [0, 0.05) is 5.69 Å². The van der Waals surface area contributed by atoms with Gasteiger partial charge in [0.25, 0.3) is 10.0 Å². The Morgan fingerprint density at radius 1 is 1.07 bits per heavy atom. The van der Waals surface area contributed by atoms with E-state index in [1.54, 1.807) is 12.1 Å². The first-order valence-corrected chi connectivity index (χ1v) is 10.3. The first-order valence-electron chi connectivity index (χ1n) is 8.85. The number of nitrogens with one attached hydrogen (secondary N) is 1. The molecule has 0 heterocycles. The average Bonchev–Trinajstić information content (AvgIpc) is 2.61. The summed E-state index contributed by atoms with van der Waals surface area (Å²) in [5.74, 6) is -0.745. The number of unbranched alkanes of at least 4 members (excludes halogenated alkanes) is 2. The third-order valence-electron chi connectivity index (χ3n) is 4.24. The number of anilines is 1. The van der Waals surface area contributed by atoms with Crippen molar-refractivity contribution in [1.29, 1.82) is 0 Å². The highest BCUT2D eigenvalue weighted by atomic mass is 32.2. The molecule has 146 valence electrons. The molecule has 0 saturated heterocycles. The number of rotatable bonds is 9. The highest BCUT2D eigenvalue weighted by Crippen LogP contribution is 2.29. The fraction of sp³-hybridized carbons (Fsp3) is 0.350. The zero-order chi connectivity index (χ0) is 20.0. The fourth-order valence-corrected chi connectivity index (χ4v) is 3.78. The van der Waals surface area contributed by atoms with Crippen LogP contribution in [0.1, 0.15) is 47.7 Å². The Hall–Kier alpha value is -2.54. The van der Waals surface area contributed by atoms with Crippen LogP contribution in [0.4, 0.5) is 5.69 Å². The quantitative estimate of drug-likeness (QED) is 0.619. The van der Waals surface area contributed by atoms with E-state index < -0.39 is 16.0 Å². The van der Waals surface area contributed by atoms with E-state index in [0.29, 0.717) is 12.4 Å². The summed E-state index contributed by atoms with van der Waals surface area (Å²) in [6, 6.07) is 8.88. The number of ether oxygens (including phenoxy) is 1. The van der Waals surface area contributed by atoms with Gasteiger partial charge in [-0.05, 0) is 67.8 Å². The predicted molar refractivity (Wildman–Crippen MR) is 105 cm³/mol. The molecule has 0 amide bonds. The van der Waals surface area contributed by atoms with Crippen molar-refractivity contribution >= 4 is 21.7 Å². The predicted octanol–water partition coefficient (Wildman–Crippen LogP) is 4.37. The summed E-state index contributed by atoms with van der Waals surface area (Å²) in [7, 11) is -3.88. The zero-order valence-electron chi connectivity index (χ0n) is 15.8. The molecule has 2 N–H and O–H groups in total. The number of hydrogen-bond acceptors (Lipinski definition) is 4. The minimum atomic E-state index is -3.88. The lowest BCUT2D eigenvalue weighted by molar-refractivity contribution is 0.0697. The van der Waals surface area contributed by atoms with E-state index in [0.717, 1.165) is 30.4 Å². The topological polar surface area (TPSA) is 92.7 Å². The van der Waals surface area contributed by atoms with Gasteiger partial charge in [-0.15, -0.1) is 0 Å². The third-order valence-corrected chi connectivity index (χ3v) is 5.64. The Labute approximate surface area is 160 Å². The lowest BCUT2D eigenvalue weighted by Crippen LogP contribution is -2.15. The summed E-state index contributed by atoms with van der Waals surface area (Å²) in [6.45, 7) is 6.29. The van der Waals surface area contributed by atoms with Crippen LogP contribution in [0.25, 0.3) is 0 Å². The molecule has 0 aliphatic rings. The zero-order valence-corrected chi connectivity index (χ0v) is 16.6. The standard InChI is InChI=1S/C20H25NO5S/c1-4-5-6-11-26-18-12-14(2)15(3)13-19(18)27(24,25)21-17-9-7-16(8-10-17)20(22)23/h7-10,12-13,21H,4-6,11H2,1-3H3,(H,22,23). The Kier molecular flexibility index (Phi) is 6.85. The molecule has 0 unspecified atom stereocenters. The van der Waals surface area contributed by atoms with Crippen molar-refractivity contribution in [1.82, 2.24) is 0 Å². The molecule has 0 saturated carbocycles. The lowest BCUT2D eigenvalue weighted by atomic mass is 10.1. The van der Waals surface area contributed by atoms with Crippen LogP contribution in [0.2, 0.25) is 0 Å². The van der Waals surface area contributed by atoms with E-state index >= 15 is 0 Å². The van der Waals surface area contributed by atoms with Gasteiger partial charge in [-0.1, -0.05) is 19.8 Å². The molecule has 0 spiro atoms. The van der Waals surface area contributed by atoms with E-state index in [9.17, 15) is 13.2 Å². The molecule has 2 aromatic rings. The molecule has 27 heavy (non-hydrogen) atoms. The molecular formula is C20H25NO5S. The third kappa shape index (κ3) is 5.47. The summed E-state index contributed by atoms with van der Waals surface area (Å²) in [5, 5.41) is 8.94. The molecule has 0 atom stereocenters. The van der Waals surface area contributed by atoms with Crippen molar-refractivity contribution in [2.45, 2.75) is 44.9 Å². The molecule has 0 fully saturated rings. The van der Waals surface area contributed by atoms with Crippen LogP contribution < -0.4 is 9.46 Å². The molecular weight excluding hydrogens is 366 g/mol. The Balaban J connectivity index is 2.30. The van der Waals surface area contributed by atoms with E-state index in [1.807, 2.05) is 13.8 Å². The number of sulfonamides is 1. The van der Waals surface area contributed by atoms with Crippen molar-refractivity contribution in [3.8, 4) is 5.75 Å². The second-order valence-corrected chi connectivity index (χ2v) is 8.08. The fourth-order valence-electron chi connectivity index (χ4n) is 2.51. The molecule has 2 aromatic carbocycles. The Morgan fingerprint density at radius 3 is 2.30 bits per heavy atom. The highest BCUT2D eigenvalue weighted by molar-refractivity contribution is 7.92. The molecule has 6 nitrogen and oxygen atoms in total. The molecule has 2 rings (SSSR count). The second-order valence-electron chi connectivity index (χ2n) is 6.43. The SMILES string of the molecule is CCCCCOc1cc(C)c(C)cc1S(=O)(=O)Nc1ccc(C(=O)O)cc1. The van der Waals surface area contributed by atoms with Crippen LogP contribution in [0.3, 0.4) is 0 Å². The normalized spacial score (nSPS) is 11.2. The van der Waals surface area contributed by atoms with Crippen molar-refractivity contribution in [2.24, 2.45) is 0 Å². The molecule has 0 aliphatic carbocycles. The summed E-state index contributed by atoms with van der Waals surface area (Å²) < 4.78 is 34.0. The van der Waals surface area contributed by atoms with E-state index in [1.165, 1.54) is 24.3 Å². The van der Waals surface area contributed by atoms with Crippen molar-refractivity contribution in [2.75, 3.05) is 11.3 Å². The lowest BCUT2D eigenvalue weighted by Gasteiger charge is -2.15. The van der Waals surface area contributed by atoms with Crippen LogP contribution in [0, 0.1) is 13.8 Å². The average molecular weight is 391 g/mol. The van der Waals surface area contributed by atoms with Crippen molar-refractivity contribution in [3.05, 3.63) is 53.1 Å².